The molecule has 0 radical (unpaired) electrons. The van der Waals surface area contributed by atoms with Gasteiger partial charge in [-0.25, -0.2) is 8.96 Å². The number of aryl methyl sites for hydroxylation is 2. The van der Waals surface area contributed by atoms with E-state index in [9.17, 15) is 26.4 Å². The number of imidazole rings is 1. The van der Waals surface area contributed by atoms with Crippen LogP contribution in [0.3, 0.4) is 0 Å². The zero-order chi connectivity index (χ0) is 21.1. The molecule has 6 nitrogen and oxygen atoms in total. The lowest BCUT2D eigenvalue weighted by Gasteiger charge is -2.16. The van der Waals surface area contributed by atoms with Gasteiger partial charge in [0.25, 0.3) is 5.56 Å². The van der Waals surface area contributed by atoms with Crippen molar-refractivity contribution in [3.05, 3.63) is 64.4 Å². The molecular formula is C19H14F3N3O3S. The van der Waals surface area contributed by atoms with Crippen molar-refractivity contribution in [1.29, 1.82) is 0 Å². The van der Waals surface area contributed by atoms with Crippen molar-refractivity contribution in [1.82, 2.24) is 13.5 Å². The van der Waals surface area contributed by atoms with E-state index in [0.717, 1.165) is 0 Å². The maximum Gasteiger partial charge on any atom is 0.517 e. The van der Waals surface area contributed by atoms with E-state index in [-0.39, 0.29) is 20.6 Å². The quantitative estimate of drug-likeness (QED) is 0.496. The molecule has 150 valence electrons. The number of hydrogen-bond acceptors (Lipinski definition) is 4. The van der Waals surface area contributed by atoms with Crippen molar-refractivity contribution in [3.63, 3.8) is 0 Å². The first kappa shape index (κ1) is 19.2. The highest BCUT2D eigenvalue weighted by atomic mass is 32.2. The van der Waals surface area contributed by atoms with E-state index in [0.29, 0.717) is 16.5 Å². The normalized spacial score (nSPS) is 12.7. The van der Waals surface area contributed by atoms with Crippen LogP contribution in [0.5, 0.6) is 0 Å². The second-order valence-electron chi connectivity index (χ2n) is 6.52. The molecule has 0 spiro atoms. The van der Waals surface area contributed by atoms with Gasteiger partial charge in [-0.05, 0) is 30.7 Å². The summed E-state index contributed by atoms with van der Waals surface area (Å²) < 4.78 is 66.4. The van der Waals surface area contributed by atoms with Gasteiger partial charge in [0.05, 0.1) is 22.1 Å². The van der Waals surface area contributed by atoms with Gasteiger partial charge in [-0.15, -0.1) is 0 Å². The maximum absolute atomic E-state index is 13.4. The third-order valence-electron chi connectivity index (χ3n) is 4.84. The second kappa shape index (κ2) is 6.18. The minimum Gasteiger partial charge on any atom is -0.311 e. The molecule has 0 aliphatic heterocycles. The van der Waals surface area contributed by atoms with E-state index in [4.69, 9.17) is 0 Å². The van der Waals surface area contributed by atoms with E-state index in [1.807, 2.05) is 0 Å². The average molecular weight is 421 g/mol. The molecule has 0 saturated heterocycles. The van der Waals surface area contributed by atoms with Crippen molar-refractivity contribution in [2.45, 2.75) is 12.4 Å². The van der Waals surface area contributed by atoms with Crippen LogP contribution in [0.2, 0.25) is 0 Å². The number of rotatable bonds is 2. The summed E-state index contributed by atoms with van der Waals surface area (Å²) in [5.74, 6) is -0.563. The predicted octanol–water partition coefficient (Wildman–Crippen LogP) is 3.56. The number of halogens is 3. The molecule has 4 aromatic rings. The summed E-state index contributed by atoms with van der Waals surface area (Å²) in [6.45, 7) is 1.56. The fraction of sp³-hybridized carbons (Fsp3) is 0.158. The standard InChI is InChI=1S/C19H14F3N3O3S/c1-11-12-7-3-5-9-14(12)24(2)18(26)16(11)17-23-13-8-4-6-10-15(13)25(17)29(27,28)19(20,21)22/h3-10H,1-2H3. The summed E-state index contributed by atoms with van der Waals surface area (Å²) in [7, 11) is -4.36. The fourth-order valence-corrected chi connectivity index (χ4v) is 4.41. The lowest BCUT2D eigenvalue weighted by atomic mass is 10.0. The number of benzene rings is 2. The SMILES string of the molecule is Cc1c(-c2nc3ccccc3n2S(=O)(=O)C(F)(F)F)c(=O)n(C)c2ccccc12. The maximum atomic E-state index is 13.4. The van der Waals surface area contributed by atoms with E-state index >= 15 is 0 Å². The molecule has 0 aliphatic rings. The third-order valence-corrected chi connectivity index (χ3v) is 6.27. The Morgan fingerprint density at radius 1 is 0.966 bits per heavy atom. The number of para-hydroxylation sites is 3. The Labute approximate surface area is 162 Å². The van der Waals surface area contributed by atoms with Gasteiger partial charge in [-0.2, -0.15) is 21.6 Å². The number of aromatic nitrogens is 3. The zero-order valence-corrected chi connectivity index (χ0v) is 16.0. The minimum absolute atomic E-state index is 0.0323. The molecular weight excluding hydrogens is 407 g/mol. The molecule has 0 amide bonds. The number of nitrogens with zero attached hydrogens (tertiary/aromatic N) is 3. The summed E-state index contributed by atoms with van der Waals surface area (Å²) in [6, 6.07) is 12.4. The van der Waals surface area contributed by atoms with Gasteiger partial charge >= 0.3 is 15.5 Å². The van der Waals surface area contributed by atoms with Crippen LogP contribution in [0.1, 0.15) is 5.56 Å². The largest absolute Gasteiger partial charge is 0.517 e. The molecule has 0 bridgehead atoms. The summed E-state index contributed by atoms with van der Waals surface area (Å²) in [4.78, 5) is 17.1. The first-order valence-electron chi connectivity index (χ1n) is 8.43. The molecule has 10 heteroatoms. The van der Waals surface area contributed by atoms with Crippen LogP contribution >= 0.6 is 0 Å². The number of pyridine rings is 1. The first-order chi connectivity index (χ1) is 13.6. The second-order valence-corrected chi connectivity index (χ2v) is 8.30. The van der Waals surface area contributed by atoms with Crippen molar-refractivity contribution in [2.24, 2.45) is 7.05 Å². The van der Waals surface area contributed by atoms with E-state index in [2.05, 4.69) is 4.98 Å². The lowest BCUT2D eigenvalue weighted by molar-refractivity contribution is -0.0444. The summed E-state index contributed by atoms with van der Waals surface area (Å²) in [5, 5.41) is 0.604. The molecule has 2 heterocycles. The van der Waals surface area contributed by atoms with E-state index in [1.165, 1.54) is 35.9 Å². The van der Waals surface area contributed by atoms with Gasteiger partial charge < -0.3 is 4.57 Å². The van der Waals surface area contributed by atoms with Gasteiger partial charge in [0, 0.05) is 12.4 Å². The van der Waals surface area contributed by atoms with Crippen molar-refractivity contribution in [3.8, 4) is 11.4 Å². The molecule has 2 aromatic heterocycles. The van der Waals surface area contributed by atoms with Gasteiger partial charge in [-0.1, -0.05) is 30.3 Å². The molecule has 29 heavy (non-hydrogen) atoms. The smallest absolute Gasteiger partial charge is 0.311 e. The summed E-state index contributed by atoms with van der Waals surface area (Å²) in [6.07, 6.45) is 0. The summed E-state index contributed by atoms with van der Waals surface area (Å²) in [5.41, 5.74) is -5.72. The highest BCUT2D eigenvalue weighted by Crippen LogP contribution is 2.34. The number of alkyl halides is 3. The Hall–Kier alpha value is -3.14. The van der Waals surface area contributed by atoms with Crippen LogP contribution in [-0.2, 0) is 17.1 Å². The molecule has 0 unspecified atom stereocenters. The average Bonchev–Trinajstić information content (AvgIpc) is 3.05. The monoisotopic (exact) mass is 421 g/mol. The van der Waals surface area contributed by atoms with Crippen LogP contribution < -0.4 is 5.56 Å². The van der Waals surface area contributed by atoms with E-state index in [1.54, 1.807) is 31.2 Å². The molecule has 2 aromatic carbocycles. The molecule has 0 aliphatic carbocycles. The Kier molecular flexibility index (Phi) is 4.09. The highest BCUT2D eigenvalue weighted by Gasteiger charge is 2.49. The molecule has 0 N–H and O–H groups in total. The van der Waals surface area contributed by atoms with Crippen molar-refractivity contribution < 1.29 is 21.6 Å². The van der Waals surface area contributed by atoms with Gasteiger partial charge in [-0.3, -0.25) is 4.79 Å². The van der Waals surface area contributed by atoms with Crippen molar-refractivity contribution >= 4 is 32.0 Å². The third kappa shape index (κ3) is 2.66. The predicted molar refractivity (Wildman–Crippen MR) is 103 cm³/mol. The Morgan fingerprint density at radius 2 is 1.55 bits per heavy atom. The van der Waals surface area contributed by atoms with Crippen LogP contribution in [-0.4, -0.2) is 27.4 Å². The van der Waals surface area contributed by atoms with Crippen LogP contribution in [0.25, 0.3) is 33.3 Å². The number of hydrogen-bond donors (Lipinski definition) is 0. The van der Waals surface area contributed by atoms with Gasteiger partial charge in [0.1, 0.15) is 0 Å². The zero-order valence-electron chi connectivity index (χ0n) is 15.2. The summed E-state index contributed by atoms with van der Waals surface area (Å²) >= 11 is 0. The fourth-order valence-electron chi connectivity index (χ4n) is 3.43. The Balaban J connectivity index is 2.23. The van der Waals surface area contributed by atoms with Crippen molar-refractivity contribution in [2.75, 3.05) is 0 Å². The number of fused-ring (bicyclic) bond motifs is 2. The first-order valence-corrected chi connectivity index (χ1v) is 9.87. The molecule has 4 rings (SSSR count). The molecule has 0 fully saturated rings. The van der Waals surface area contributed by atoms with E-state index < -0.39 is 26.9 Å². The van der Waals surface area contributed by atoms with Crippen LogP contribution in [0.15, 0.2) is 53.3 Å². The topological polar surface area (TPSA) is 74.0 Å². The molecule has 0 saturated carbocycles. The minimum atomic E-state index is -5.83. The van der Waals surface area contributed by atoms with Crippen LogP contribution in [0, 0.1) is 6.92 Å². The highest BCUT2D eigenvalue weighted by molar-refractivity contribution is 7.91. The molecule has 0 atom stereocenters. The van der Waals surface area contributed by atoms with Crippen LogP contribution in [0.4, 0.5) is 13.2 Å². The van der Waals surface area contributed by atoms with Gasteiger partial charge in [0.2, 0.25) is 0 Å². The Bertz CT molecular complexity index is 1450. The Morgan fingerprint density at radius 3 is 2.21 bits per heavy atom. The van der Waals surface area contributed by atoms with Gasteiger partial charge in [0.15, 0.2) is 5.82 Å². The lowest BCUT2D eigenvalue weighted by Crippen LogP contribution is -2.31.